The van der Waals surface area contributed by atoms with Gasteiger partial charge in [0.05, 0.1) is 6.61 Å². The summed E-state index contributed by atoms with van der Waals surface area (Å²) in [5.74, 6) is 0.727. The van der Waals surface area contributed by atoms with Crippen LogP contribution >= 0.6 is 11.6 Å². The lowest BCUT2D eigenvalue weighted by atomic mass is 10.2. The molecule has 1 aromatic carbocycles. The summed E-state index contributed by atoms with van der Waals surface area (Å²) in [6.07, 6.45) is 0.891. The van der Waals surface area contributed by atoms with Crippen molar-refractivity contribution in [2.45, 2.75) is 13.0 Å². The van der Waals surface area contributed by atoms with E-state index >= 15 is 0 Å². The summed E-state index contributed by atoms with van der Waals surface area (Å²) in [5, 5.41) is 0.635. The van der Waals surface area contributed by atoms with Crippen LogP contribution in [0.25, 0.3) is 0 Å². The van der Waals surface area contributed by atoms with Crippen LogP contribution in [0.15, 0.2) is 18.2 Å². The zero-order chi connectivity index (χ0) is 13.2. The predicted octanol–water partition coefficient (Wildman–Crippen LogP) is 2.23. The van der Waals surface area contributed by atoms with Crippen molar-refractivity contribution in [1.82, 2.24) is 0 Å². The monoisotopic (exact) mass is 273 g/mol. The summed E-state index contributed by atoms with van der Waals surface area (Å²) in [7, 11) is 1.68. The van der Waals surface area contributed by atoms with Crippen molar-refractivity contribution in [3.05, 3.63) is 28.8 Å². The van der Waals surface area contributed by atoms with Crippen LogP contribution in [0.3, 0.4) is 0 Å². The Kier molecular flexibility index (Phi) is 7.76. The molecule has 1 rings (SSSR count). The minimum Gasteiger partial charge on any atom is -0.491 e. The molecule has 0 fully saturated rings. The number of hydrogen-bond donors (Lipinski definition) is 1. The van der Waals surface area contributed by atoms with Gasteiger partial charge in [-0.1, -0.05) is 17.7 Å². The molecule has 0 bridgehead atoms. The lowest BCUT2D eigenvalue weighted by Crippen LogP contribution is -2.10. The number of methoxy groups -OCH3 is 1. The predicted molar refractivity (Wildman–Crippen MR) is 72.2 cm³/mol. The zero-order valence-electron chi connectivity index (χ0n) is 10.7. The van der Waals surface area contributed by atoms with E-state index in [4.69, 9.17) is 31.5 Å². The molecular weight excluding hydrogens is 254 g/mol. The molecule has 1 aromatic rings. The van der Waals surface area contributed by atoms with Gasteiger partial charge in [-0.25, -0.2) is 0 Å². The second kappa shape index (κ2) is 9.16. The fraction of sp³-hybridized carbons (Fsp3) is 0.538. The quantitative estimate of drug-likeness (QED) is 0.701. The third kappa shape index (κ3) is 5.23. The Morgan fingerprint density at radius 1 is 1.17 bits per heavy atom. The summed E-state index contributed by atoms with van der Waals surface area (Å²) >= 11 is 6.02. The Bertz CT molecular complexity index is 347. The van der Waals surface area contributed by atoms with E-state index in [9.17, 15) is 0 Å². The fourth-order valence-electron chi connectivity index (χ4n) is 1.49. The maximum absolute atomic E-state index is 6.02. The van der Waals surface area contributed by atoms with E-state index in [-0.39, 0.29) is 0 Å². The second-order valence-electron chi connectivity index (χ2n) is 3.73. The summed E-state index contributed by atoms with van der Waals surface area (Å²) in [6.45, 7) is 2.78. The molecule has 0 heterocycles. The van der Waals surface area contributed by atoms with E-state index in [0.717, 1.165) is 17.7 Å². The van der Waals surface area contributed by atoms with Gasteiger partial charge >= 0.3 is 0 Å². The molecule has 102 valence electrons. The number of ether oxygens (including phenoxy) is 3. The van der Waals surface area contributed by atoms with Gasteiger partial charge in [-0.2, -0.15) is 0 Å². The molecule has 0 spiro atoms. The summed E-state index contributed by atoms with van der Waals surface area (Å²) < 4.78 is 15.9. The minimum atomic E-state index is 0.365. The van der Waals surface area contributed by atoms with Crippen LogP contribution in [-0.4, -0.2) is 33.5 Å². The van der Waals surface area contributed by atoms with Crippen LogP contribution in [0, 0.1) is 0 Å². The zero-order valence-corrected chi connectivity index (χ0v) is 11.4. The van der Waals surface area contributed by atoms with Gasteiger partial charge in [-0.3, -0.25) is 0 Å². The van der Waals surface area contributed by atoms with Gasteiger partial charge in [-0.15, -0.1) is 0 Å². The molecular formula is C13H20ClNO3. The van der Waals surface area contributed by atoms with E-state index in [1.54, 1.807) is 13.2 Å². The molecule has 0 aliphatic heterocycles. The number of rotatable bonds is 9. The van der Waals surface area contributed by atoms with E-state index in [0.29, 0.717) is 38.0 Å². The second-order valence-corrected chi connectivity index (χ2v) is 4.14. The van der Waals surface area contributed by atoms with Gasteiger partial charge in [0.2, 0.25) is 0 Å². The van der Waals surface area contributed by atoms with Crippen LogP contribution in [0.5, 0.6) is 5.75 Å². The summed E-state index contributed by atoms with van der Waals surface area (Å²) in [5.41, 5.74) is 6.46. The van der Waals surface area contributed by atoms with Gasteiger partial charge in [0.1, 0.15) is 12.4 Å². The molecule has 0 amide bonds. The highest BCUT2D eigenvalue weighted by Gasteiger charge is 2.05. The first-order chi connectivity index (χ1) is 8.79. The number of halogens is 1. The van der Waals surface area contributed by atoms with Gasteiger partial charge in [0.25, 0.3) is 0 Å². The van der Waals surface area contributed by atoms with Gasteiger partial charge in [0, 0.05) is 37.5 Å². The highest BCUT2D eigenvalue weighted by atomic mass is 35.5. The average Bonchev–Trinajstić information content (AvgIpc) is 2.38. The fourth-order valence-corrected chi connectivity index (χ4v) is 1.73. The van der Waals surface area contributed by atoms with Crippen molar-refractivity contribution in [2.24, 2.45) is 5.73 Å². The van der Waals surface area contributed by atoms with Gasteiger partial charge < -0.3 is 19.9 Å². The van der Waals surface area contributed by atoms with Crippen molar-refractivity contribution in [2.75, 3.05) is 33.5 Å². The Labute approximate surface area is 113 Å². The first-order valence-corrected chi connectivity index (χ1v) is 6.34. The lowest BCUT2D eigenvalue weighted by molar-refractivity contribution is 0.0804. The highest BCUT2D eigenvalue weighted by molar-refractivity contribution is 6.31. The molecule has 0 radical (unpaired) electrons. The normalized spacial score (nSPS) is 10.6. The molecule has 0 saturated heterocycles. The number of nitrogens with two attached hydrogens (primary N) is 1. The van der Waals surface area contributed by atoms with Crippen LogP contribution in [0.4, 0.5) is 0 Å². The van der Waals surface area contributed by atoms with Crippen molar-refractivity contribution >= 4 is 11.6 Å². The van der Waals surface area contributed by atoms with Crippen LogP contribution in [-0.2, 0) is 16.0 Å². The maximum atomic E-state index is 6.02. The van der Waals surface area contributed by atoms with Crippen molar-refractivity contribution in [3.63, 3.8) is 0 Å². The highest BCUT2D eigenvalue weighted by Crippen LogP contribution is 2.25. The first kappa shape index (κ1) is 15.2. The summed E-state index contributed by atoms with van der Waals surface area (Å²) in [4.78, 5) is 0. The smallest absolute Gasteiger partial charge is 0.125 e. The Balaban J connectivity index is 2.25. The third-order valence-corrected chi connectivity index (χ3v) is 2.76. The number of benzene rings is 1. The van der Waals surface area contributed by atoms with Crippen LogP contribution in [0.1, 0.15) is 12.0 Å². The van der Waals surface area contributed by atoms with Crippen LogP contribution < -0.4 is 10.5 Å². The largest absolute Gasteiger partial charge is 0.491 e. The minimum absolute atomic E-state index is 0.365. The van der Waals surface area contributed by atoms with Gasteiger partial charge in [-0.05, 0) is 18.6 Å². The molecule has 0 aliphatic carbocycles. The molecule has 0 aliphatic rings. The van der Waals surface area contributed by atoms with E-state index in [2.05, 4.69) is 0 Å². The molecule has 0 unspecified atom stereocenters. The maximum Gasteiger partial charge on any atom is 0.125 e. The average molecular weight is 274 g/mol. The Morgan fingerprint density at radius 3 is 2.72 bits per heavy atom. The Hall–Kier alpha value is -0.810. The van der Waals surface area contributed by atoms with Crippen molar-refractivity contribution < 1.29 is 14.2 Å². The molecule has 0 aromatic heterocycles. The molecule has 2 N–H and O–H groups in total. The number of hydrogen-bond acceptors (Lipinski definition) is 4. The SMILES string of the molecule is COCCCOCCOc1cccc(Cl)c1CN. The van der Waals surface area contributed by atoms with Crippen molar-refractivity contribution in [3.8, 4) is 5.75 Å². The summed E-state index contributed by atoms with van der Waals surface area (Å²) in [6, 6.07) is 5.51. The topological polar surface area (TPSA) is 53.7 Å². The molecule has 0 saturated carbocycles. The molecule has 0 atom stereocenters. The first-order valence-electron chi connectivity index (χ1n) is 5.96. The van der Waals surface area contributed by atoms with E-state index < -0.39 is 0 Å². The standard InChI is InChI=1S/C13H20ClNO3/c1-16-6-3-7-17-8-9-18-13-5-2-4-12(14)11(13)10-15/h2,4-5H,3,6-10,15H2,1H3. The van der Waals surface area contributed by atoms with Gasteiger partial charge in [0.15, 0.2) is 0 Å². The van der Waals surface area contributed by atoms with Crippen molar-refractivity contribution in [1.29, 1.82) is 0 Å². The third-order valence-electron chi connectivity index (χ3n) is 2.40. The van der Waals surface area contributed by atoms with E-state index in [1.807, 2.05) is 12.1 Å². The van der Waals surface area contributed by atoms with Crippen LogP contribution in [0.2, 0.25) is 5.02 Å². The lowest BCUT2D eigenvalue weighted by Gasteiger charge is -2.11. The Morgan fingerprint density at radius 2 is 2.00 bits per heavy atom. The van der Waals surface area contributed by atoms with E-state index in [1.165, 1.54) is 0 Å². The molecule has 18 heavy (non-hydrogen) atoms. The molecule has 4 nitrogen and oxygen atoms in total. The molecule has 5 heteroatoms.